The average molecular weight is 209 g/mol. The van der Waals surface area contributed by atoms with Crippen LogP contribution in [0, 0.1) is 0 Å². The molecule has 2 nitrogen and oxygen atoms in total. The zero-order chi connectivity index (χ0) is 10.1. The van der Waals surface area contributed by atoms with Crippen molar-refractivity contribution in [3.05, 3.63) is 40.4 Å². The number of aliphatic carboxylic acids is 1. The molecule has 2 rings (SSSR count). The summed E-state index contributed by atoms with van der Waals surface area (Å²) in [6.07, 6.45) is 3.92. The highest BCUT2D eigenvalue weighted by atomic mass is 35.5. The predicted octanol–water partition coefficient (Wildman–Crippen LogP) is 2.93. The Hall–Kier alpha value is -1.28. The van der Waals surface area contributed by atoms with Crippen molar-refractivity contribution in [1.82, 2.24) is 0 Å². The SMILES string of the molecule is O=C(O)CC1C=Cc2cccc(Cl)c21. The van der Waals surface area contributed by atoms with Crippen LogP contribution in [-0.2, 0) is 4.79 Å². The van der Waals surface area contributed by atoms with Gasteiger partial charge in [0, 0.05) is 10.9 Å². The van der Waals surface area contributed by atoms with Gasteiger partial charge in [-0.05, 0) is 17.2 Å². The smallest absolute Gasteiger partial charge is 0.304 e. The van der Waals surface area contributed by atoms with Crippen molar-refractivity contribution in [3.63, 3.8) is 0 Å². The highest BCUT2D eigenvalue weighted by molar-refractivity contribution is 6.31. The first-order valence-corrected chi connectivity index (χ1v) is 4.74. The van der Waals surface area contributed by atoms with Crippen LogP contribution in [0.15, 0.2) is 24.3 Å². The minimum atomic E-state index is -0.799. The van der Waals surface area contributed by atoms with E-state index in [4.69, 9.17) is 16.7 Å². The van der Waals surface area contributed by atoms with Crippen molar-refractivity contribution in [3.8, 4) is 0 Å². The van der Waals surface area contributed by atoms with Crippen LogP contribution in [0.3, 0.4) is 0 Å². The van der Waals surface area contributed by atoms with Gasteiger partial charge in [0.05, 0.1) is 6.42 Å². The van der Waals surface area contributed by atoms with E-state index in [1.807, 2.05) is 24.3 Å². The van der Waals surface area contributed by atoms with Gasteiger partial charge in [-0.15, -0.1) is 0 Å². The fourth-order valence-electron chi connectivity index (χ4n) is 1.76. The minimum Gasteiger partial charge on any atom is -0.481 e. The molecule has 1 aromatic carbocycles. The number of hydrogen-bond donors (Lipinski definition) is 1. The van der Waals surface area contributed by atoms with Gasteiger partial charge in [0.1, 0.15) is 0 Å². The number of fused-ring (bicyclic) bond motifs is 1. The lowest BCUT2D eigenvalue weighted by Gasteiger charge is -2.09. The summed E-state index contributed by atoms with van der Waals surface area (Å²) in [5.74, 6) is -0.872. The summed E-state index contributed by atoms with van der Waals surface area (Å²) in [6, 6.07) is 5.61. The second kappa shape index (κ2) is 3.46. The fourth-order valence-corrected chi connectivity index (χ4v) is 2.09. The normalized spacial score (nSPS) is 18.2. The highest BCUT2D eigenvalue weighted by Crippen LogP contribution is 2.37. The first-order chi connectivity index (χ1) is 6.68. The second-order valence-corrected chi connectivity index (χ2v) is 3.71. The Bertz CT molecular complexity index is 410. The zero-order valence-corrected chi connectivity index (χ0v) is 8.16. The van der Waals surface area contributed by atoms with Crippen molar-refractivity contribution in [2.45, 2.75) is 12.3 Å². The third-order valence-corrected chi connectivity index (χ3v) is 2.69. The maximum absolute atomic E-state index is 10.6. The van der Waals surface area contributed by atoms with Crippen LogP contribution in [0.4, 0.5) is 0 Å². The van der Waals surface area contributed by atoms with Crippen molar-refractivity contribution in [1.29, 1.82) is 0 Å². The summed E-state index contributed by atoms with van der Waals surface area (Å²) >= 11 is 6.01. The topological polar surface area (TPSA) is 37.3 Å². The van der Waals surface area contributed by atoms with Gasteiger partial charge >= 0.3 is 5.97 Å². The van der Waals surface area contributed by atoms with E-state index >= 15 is 0 Å². The molecule has 0 aliphatic heterocycles. The van der Waals surface area contributed by atoms with Gasteiger partial charge in [-0.25, -0.2) is 0 Å². The molecular formula is C11H9ClO2. The number of benzene rings is 1. The lowest BCUT2D eigenvalue weighted by Crippen LogP contribution is -2.03. The van der Waals surface area contributed by atoms with Crippen LogP contribution in [0.5, 0.6) is 0 Å². The monoisotopic (exact) mass is 208 g/mol. The fraction of sp³-hybridized carbons (Fsp3) is 0.182. The van der Waals surface area contributed by atoms with Gasteiger partial charge in [0.2, 0.25) is 0 Å². The third kappa shape index (κ3) is 1.53. The Balaban J connectivity index is 2.37. The molecule has 0 fully saturated rings. The quantitative estimate of drug-likeness (QED) is 0.812. The molecule has 14 heavy (non-hydrogen) atoms. The Morgan fingerprint density at radius 3 is 3.00 bits per heavy atom. The van der Waals surface area contributed by atoms with Crippen LogP contribution >= 0.6 is 11.6 Å². The summed E-state index contributed by atoms with van der Waals surface area (Å²) in [7, 11) is 0. The second-order valence-electron chi connectivity index (χ2n) is 3.31. The molecule has 1 atom stereocenters. The lowest BCUT2D eigenvalue weighted by molar-refractivity contribution is -0.137. The molecule has 0 amide bonds. The Labute approximate surface area is 86.8 Å². The molecule has 1 N–H and O–H groups in total. The van der Waals surface area contributed by atoms with Crippen LogP contribution in [0.2, 0.25) is 5.02 Å². The molecule has 1 aromatic rings. The summed E-state index contributed by atoms with van der Waals surface area (Å²) in [6.45, 7) is 0. The van der Waals surface area contributed by atoms with E-state index in [9.17, 15) is 4.79 Å². The largest absolute Gasteiger partial charge is 0.481 e. The molecule has 0 heterocycles. The molecule has 1 aliphatic carbocycles. The molecule has 0 spiro atoms. The van der Waals surface area contributed by atoms with Crippen molar-refractivity contribution < 1.29 is 9.90 Å². The first kappa shape index (κ1) is 9.28. The maximum atomic E-state index is 10.6. The van der Waals surface area contributed by atoms with Crippen molar-refractivity contribution >= 4 is 23.6 Å². The van der Waals surface area contributed by atoms with E-state index in [-0.39, 0.29) is 12.3 Å². The Kier molecular flexibility index (Phi) is 2.30. The molecule has 1 unspecified atom stereocenters. The third-order valence-electron chi connectivity index (χ3n) is 2.36. The van der Waals surface area contributed by atoms with E-state index in [0.717, 1.165) is 11.1 Å². The number of hydrogen-bond acceptors (Lipinski definition) is 1. The maximum Gasteiger partial charge on any atom is 0.304 e. The summed E-state index contributed by atoms with van der Waals surface area (Å²) in [5, 5.41) is 9.37. The van der Waals surface area contributed by atoms with Gasteiger partial charge in [0.15, 0.2) is 0 Å². The predicted molar refractivity (Wildman–Crippen MR) is 55.5 cm³/mol. The van der Waals surface area contributed by atoms with Gasteiger partial charge in [-0.1, -0.05) is 35.9 Å². The van der Waals surface area contributed by atoms with E-state index in [2.05, 4.69) is 0 Å². The molecule has 1 aliphatic rings. The molecular weight excluding hydrogens is 200 g/mol. The van der Waals surface area contributed by atoms with E-state index in [1.54, 1.807) is 6.07 Å². The van der Waals surface area contributed by atoms with Gasteiger partial charge < -0.3 is 5.11 Å². The Morgan fingerprint density at radius 1 is 1.50 bits per heavy atom. The number of carboxylic acid groups (broad SMARTS) is 1. The number of carbonyl (C=O) groups is 1. The van der Waals surface area contributed by atoms with E-state index < -0.39 is 5.97 Å². The van der Waals surface area contributed by atoms with Crippen molar-refractivity contribution in [2.75, 3.05) is 0 Å². The molecule has 0 aromatic heterocycles. The number of carboxylic acids is 1. The number of allylic oxidation sites excluding steroid dienone is 1. The molecule has 3 heteroatoms. The lowest BCUT2D eigenvalue weighted by atomic mass is 9.98. The van der Waals surface area contributed by atoms with Gasteiger partial charge in [0.25, 0.3) is 0 Å². The summed E-state index contributed by atoms with van der Waals surface area (Å²) in [5.41, 5.74) is 1.97. The zero-order valence-electron chi connectivity index (χ0n) is 7.40. The number of rotatable bonds is 2. The molecule has 0 bridgehead atoms. The minimum absolute atomic E-state index is 0.0730. The molecule has 0 saturated heterocycles. The molecule has 72 valence electrons. The molecule has 0 radical (unpaired) electrons. The Morgan fingerprint density at radius 2 is 2.29 bits per heavy atom. The standard InChI is InChI=1S/C11H9ClO2/c12-9-3-1-2-7-4-5-8(11(7)9)6-10(13)14/h1-5,8H,6H2,(H,13,14). The van der Waals surface area contributed by atoms with E-state index in [1.165, 1.54) is 0 Å². The van der Waals surface area contributed by atoms with Crippen LogP contribution < -0.4 is 0 Å². The summed E-state index contributed by atoms with van der Waals surface area (Å²) in [4.78, 5) is 10.6. The summed E-state index contributed by atoms with van der Waals surface area (Å²) < 4.78 is 0. The van der Waals surface area contributed by atoms with Crippen LogP contribution in [0.1, 0.15) is 23.5 Å². The van der Waals surface area contributed by atoms with Crippen LogP contribution in [-0.4, -0.2) is 11.1 Å². The highest BCUT2D eigenvalue weighted by Gasteiger charge is 2.21. The van der Waals surface area contributed by atoms with Crippen molar-refractivity contribution in [2.24, 2.45) is 0 Å². The van der Waals surface area contributed by atoms with Gasteiger partial charge in [-0.2, -0.15) is 0 Å². The van der Waals surface area contributed by atoms with E-state index in [0.29, 0.717) is 5.02 Å². The molecule has 0 saturated carbocycles. The van der Waals surface area contributed by atoms with Gasteiger partial charge in [-0.3, -0.25) is 4.79 Å². The first-order valence-electron chi connectivity index (χ1n) is 4.37. The number of halogens is 1. The average Bonchev–Trinajstić information content (AvgIpc) is 2.49. The van der Waals surface area contributed by atoms with Crippen LogP contribution in [0.25, 0.3) is 6.08 Å².